The van der Waals surface area contributed by atoms with Gasteiger partial charge in [0, 0.05) is 33.6 Å². The van der Waals surface area contributed by atoms with Gasteiger partial charge in [-0.2, -0.15) is 0 Å². The van der Waals surface area contributed by atoms with E-state index in [1.54, 1.807) is 0 Å². The van der Waals surface area contributed by atoms with E-state index in [1.165, 1.54) is 49.7 Å². The summed E-state index contributed by atoms with van der Waals surface area (Å²) in [7, 11) is 0. The molecule has 0 amide bonds. The molecule has 0 N–H and O–H groups in total. The van der Waals surface area contributed by atoms with Crippen LogP contribution in [0.4, 0.5) is 0 Å². The summed E-state index contributed by atoms with van der Waals surface area (Å²) < 4.78 is 0. The third-order valence-corrected chi connectivity index (χ3v) is 6.15. The van der Waals surface area contributed by atoms with Gasteiger partial charge in [0.05, 0.1) is 0 Å². The quantitative estimate of drug-likeness (QED) is 0.295. The second-order valence-corrected chi connectivity index (χ2v) is 8.64. The Labute approximate surface area is 190 Å². The lowest BCUT2D eigenvalue weighted by Gasteiger charge is -2.09. The molecular formula is C26H30Cl2N2. The van der Waals surface area contributed by atoms with Crippen molar-refractivity contribution in [3.63, 3.8) is 0 Å². The normalized spacial score (nSPS) is 11.1. The van der Waals surface area contributed by atoms with Crippen molar-refractivity contribution in [1.82, 2.24) is 9.97 Å². The third-order valence-electron chi connectivity index (χ3n) is 5.45. The lowest BCUT2D eigenvalue weighted by Crippen LogP contribution is -1.93. The van der Waals surface area contributed by atoms with E-state index in [0.29, 0.717) is 5.82 Å². The van der Waals surface area contributed by atoms with Crippen LogP contribution in [0.5, 0.6) is 0 Å². The molecule has 0 radical (unpaired) electrons. The Kier molecular flexibility index (Phi) is 8.72. The first-order chi connectivity index (χ1) is 14.6. The van der Waals surface area contributed by atoms with E-state index in [0.717, 1.165) is 39.6 Å². The summed E-state index contributed by atoms with van der Waals surface area (Å²) in [5.74, 6) is 0.683. The van der Waals surface area contributed by atoms with Crippen molar-refractivity contribution in [2.24, 2.45) is 0 Å². The molecule has 0 saturated carbocycles. The number of benzene rings is 2. The molecule has 0 saturated heterocycles. The Bertz CT molecular complexity index is 873. The molecule has 0 fully saturated rings. The lowest BCUT2D eigenvalue weighted by atomic mass is 10.0. The summed E-state index contributed by atoms with van der Waals surface area (Å²) in [5, 5.41) is 1.61. The van der Waals surface area contributed by atoms with Crippen molar-refractivity contribution in [1.29, 1.82) is 0 Å². The number of aromatic nitrogens is 2. The van der Waals surface area contributed by atoms with E-state index in [1.807, 2.05) is 24.5 Å². The SMILES string of the molecule is CCCCCc1ccc(-c2cnc(-c3ccc(CCCCC)c(Cl)c3)nc2)cc1Cl. The summed E-state index contributed by atoms with van der Waals surface area (Å²) in [4.78, 5) is 9.14. The van der Waals surface area contributed by atoms with Gasteiger partial charge in [-0.25, -0.2) is 9.97 Å². The Balaban J connectivity index is 1.72. The minimum Gasteiger partial charge on any atom is -0.236 e. The molecule has 158 valence electrons. The van der Waals surface area contributed by atoms with Crippen LogP contribution in [0.2, 0.25) is 10.0 Å². The first-order valence-corrected chi connectivity index (χ1v) is 11.8. The van der Waals surface area contributed by atoms with Gasteiger partial charge in [0.1, 0.15) is 0 Å². The zero-order valence-electron chi connectivity index (χ0n) is 17.9. The van der Waals surface area contributed by atoms with Crippen LogP contribution in [0.1, 0.15) is 63.5 Å². The molecule has 0 atom stereocenters. The molecule has 1 heterocycles. The van der Waals surface area contributed by atoms with Gasteiger partial charge < -0.3 is 0 Å². The third kappa shape index (κ3) is 6.06. The molecule has 3 aromatic rings. The minimum atomic E-state index is 0.683. The number of unbranched alkanes of at least 4 members (excludes halogenated alkanes) is 4. The van der Waals surface area contributed by atoms with Gasteiger partial charge in [-0.1, -0.05) is 87.0 Å². The Hall–Kier alpha value is -1.90. The van der Waals surface area contributed by atoms with Gasteiger partial charge in [-0.05, 0) is 54.5 Å². The molecule has 0 unspecified atom stereocenters. The highest BCUT2D eigenvalue weighted by Gasteiger charge is 2.08. The average Bonchev–Trinajstić information content (AvgIpc) is 2.76. The topological polar surface area (TPSA) is 25.8 Å². The summed E-state index contributed by atoms with van der Waals surface area (Å²) in [6, 6.07) is 12.4. The fourth-order valence-electron chi connectivity index (χ4n) is 3.58. The maximum absolute atomic E-state index is 6.51. The highest BCUT2D eigenvalue weighted by molar-refractivity contribution is 6.32. The Morgan fingerprint density at radius 3 is 1.63 bits per heavy atom. The molecule has 30 heavy (non-hydrogen) atoms. The van der Waals surface area contributed by atoms with Gasteiger partial charge in [-0.3, -0.25) is 0 Å². The zero-order valence-corrected chi connectivity index (χ0v) is 19.4. The van der Waals surface area contributed by atoms with Crippen LogP contribution in [0, 0.1) is 0 Å². The van der Waals surface area contributed by atoms with Crippen molar-refractivity contribution in [3.8, 4) is 22.5 Å². The van der Waals surface area contributed by atoms with Crippen LogP contribution in [0.25, 0.3) is 22.5 Å². The van der Waals surface area contributed by atoms with E-state index in [-0.39, 0.29) is 0 Å². The number of hydrogen-bond donors (Lipinski definition) is 0. The molecule has 0 aliphatic rings. The molecule has 1 aromatic heterocycles. The number of rotatable bonds is 10. The highest BCUT2D eigenvalue weighted by Crippen LogP contribution is 2.28. The predicted molar refractivity (Wildman–Crippen MR) is 129 cm³/mol. The smallest absolute Gasteiger partial charge is 0.159 e. The first kappa shape index (κ1) is 22.8. The molecule has 2 nitrogen and oxygen atoms in total. The maximum Gasteiger partial charge on any atom is 0.159 e. The van der Waals surface area contributed by atoms with Crippen molar-refractivity contribution < 1.29 is 0 Å². The molecule has 0 bridgehead atoms. The van der Waals surface area contributed by atoms with Crippen LogP contribution < -0.4 is 0 Å². The first-order valence-electron chi connectivity index (χ1n) is 11.0. The van der Waals surface area contributed by atoms with E-state index < -0.39 is 0 Å². The molecule has 3 rings (SSSR count). The van der Waals surface area contributed by atoms with Crippen molar-refractivity contribution in [2.45, 2.75) is 65.2 Å². The van der Waals surface area contributed by atoms with Crippen molar-refractivity contribution in [2.75, 3.05) is 0 Å². The molecular weight excluding hydrogens is 411 g/mol. The number of aryl methyl sites for hydroxylation is 2. The van der Waals surface area contributed by atoms with Gasteiger partial charge in [0.15, 0.2) is 5.82 Å². The molecule has 4 heteroatoms. The lowest BCUT2D eigenvalue weighted by molar-refractivity contribution is 0.717. The fraction of sp³-hybridized carbons (Fsp3) is 0.385. The monoisotopic (exact) mass is 440 g/mol. The second-order valence-electron chi connectivity index (χ2n) is 7.82. The Morgan fingerprint density at radius 1 is 0.633 bits per heavy atom. The largest absolute Gasteiger partial charge is 0.236 e. The van der Waals surface area contributed by atoms with E-state index in [9.17, 15) is 0 Å². The van der Waals surface area contributed by atoms with Crippen LogP contribution in [-0.4, -0.2) is 9.97 Å². The minimum absolute atomic E-state index is 0.683. The summed E-state index contributed by atoms with van der Waals surface area (Å²) in [6.07, 6.45) is 13.0. The number of halogens is 2. The van der Waals surface area contributed by atoms with E-state index in [4.69, 9.17) is 23.2 Å². The summed E-state index contributed by atoms with van der Waals surface area (Å²) >= 11 is 13.0. The van der Waals surface area contributed by atoms with Crippen LogP contribution in [0.3, 0.4) is 0 Å². The zero-order chi connectivity index (χ0) is 21.3. The summed E-state index contributed by atoms with van der Waals surface area (Å²) in [5.41, 5.74) is 5.34. The van der Waals surface area contributed by atoms with Gasteiger partial charge >= 0.3 is 0 Å². The number of hydrogen-bond acceptors (Lipinski definition) is 2. The average molecular weight is 441 g/mol. The van der Waals surface area contributed by atoms with Crippen LogP contribution in [0.15, 0.2) is 48.8 Å². The second kappa shape index (κ2) is 11.5. The van der Waals surface area contributed by atoms with Gasteiger partial charge in [0.2, 0.25) is 0 Å². The fourth-order valence-corrected chi connectivity index (χ4v) is 4.13. The summed E-state index contributed by atoms with van der Waals surface area (Å²) in [6.45, 7) is 4.42. The van der Waals surface area contributed by atoms with Crippen molar-refractivity contribution >= 4 is 23.2 Å². The van der Waals surface area contributed by atoms with Crippen LogP contribution in [-0.2, 0) is 12.8 Å². The molecule has 0 aliphatic carbocycles. The standard InChI is InChI=1S/C26H30Cl2N2/c1-3-5-7-9-19-11-13-21(15-24(19)27)23-17-29-26(30-18-23)22-14-12-20(25(28)16-22)10-8-6-4-2/h11-18H,3-10H2,1-2H3. The number of nitrogens with zero attached hydrogens (tertiary/aromatic N) is 2. The van der Waals surface area contributed by atoms with Gasteiger partial charge in [0.25, 0.3) is 0 Å². The highest BCUT2D eigenvalue weighted by atomic mass is 35.5. The molecule has 2 aromatic carbocycles. The molecule has 0 aliphatic heterocycles. The van der Waals surface area contributed by atoms with E-state index >= 15 is 0 Å². The van der Waals surface area contributed by atoms with Gasteiger partial charge in [-0.15, -0.1) is 0 Å². The van der Waals surface area contributed by atoms with Crippen LogP contribution >= 0.6 is 23.2 Å². The maximum atomic E-state index is 6.51. The Morgan fingerprint density at radius 2 is 1.13 bits per heavy atom. The predicted octanol–water partition coefficient (Wildman–Crippen LogP) is 8.58. The van der Waals surface area contributed by atoms with Crippen molar-refractivity contribution in [3.05, 3.63) is 70.0 Å². The van der Waals surface area contributed by atoms with E-state index in [2.05, 4.69) is 48.1 Å². The molecule has 0 spiro atoms.